The van der Waals surface area contributed by atoms with Crippen molar-refractivity contribution in [1.82, 2.24) is 20.1 Å². The first-order valence-corrected chi connectivity index (χ1v) is 9.82. The van der Waals surface area contributed by atoms with Crippen molar-refractivity contribution in [2.45, 2.75) is 26.9 Å². The van der Waals surface area contributed by atoms with Crippen molar-refractivity contribution in [3.05, 3.63) is 52.0 Å². The van der Waals surface area contributed by atoms with E-state index in [0.717, 1.165) is 50.9 Å². The molecule has 0 aromatic carbocycles. The first kappa shape index (κ1) is 17.9. The van der Waals surface area contributed by atoms with Crippen LogP contribution in [-0.4, -0.2) is 53.5 Å². The zero-order valence-electron chi connectivity index (χ0n) is 15.1. The summed E-state index contributed by atoms with van der Waals surface area (Å²) in [6, 6.07) is 8.41. The van der Waals surface area contributed by atoms with Crippen LogP contribution in [-0.2, 0) is 13.1 Å². The standard InChI is InChI=1S/C19H27N5S/c1-3-20-19(22-14-18-16(2)6-4-8-21-18)24-11-9-23(10-12-24)15-17-7-5-13-25-17/h4-8,13H,3,9-12,14-15H2,1-2H3,(H,20,22). The molecule has 1 N–H and O–H groups in total. The molecule has 0 spiro atoms. The number of pyridine rings is 1. The van der Waals surface area contributed by atoms with Gasteiger partial charge < -0.3 is 10.2 Å². The van der Waals surface area contributed by atoms with Gasteiger partial charge in [-0.1, -0.05) is 12.1 Å². The van der Waals surface area contributed by atoms with Crippen LogP contribution in [0.3, 0.4) is 0 Å². The lowest BCUT2D eigenvalue weighted by atomic mass is 10.2. The van der Waals surface area contributed by atoms with Crippen molar-refractivity contribution in [2.75, 3.05) is 32.7 Å². The maximum absolute atomic E-state index is 4.82. The molecule has 1 fully saturated rings. The van der Waals surface area contributed by atoms with E-state index < -0.39 is 0 Å². The minimum Gasteiger partial charge on any atom is -0.357 e. The predicted octanol–water partition coefficient (Wildman–Crippen LogP) is 2.73. The second kappa shape index (κ2) is 8.97. The van der Waals surface area contributed by atoms with E-state index in [1.54, 1.807) is 0 Å². The van der Waals surface area contributed by atoms with Gasteiger partial charge in [-0.25, -0.2) is 4.99 Å². The monoisotopic (exact) mass is 357 g/mol. The second-order valence-electron chi connectivity index (χ2n) is 6.28. The smallest absolute Gasteiger partial charge is 0.194 e. The van der Waals surface area contributed by atoms with E-state index in [1.807, 2.05) is 23.6 Å². The van der Waals surface area contributed by atoms with E-state index >= 15 is 0 Å². The summed E-state index contributed by atoms with van der Waals surface area (Å²) >= 11 is 1.84. The quantitative estimate of drug-likeness (QED) is 0.660. The highest BCUT2D eigenvalue weighted by Crippen LogP contribution is 2.14. The Morgan fingerprint density at radius 2 is 2.08 bits per heavy atom. The Labute approximate surface area is 154 Å². The molecule has 2 aromatic rings. The number of rotatable bonds is 5. The zero-order chi connectivity index (χ0) is 17.5. The maximum atomic E-state index is 4.82. The summed E-state index contributed by atoms with van der Waals surface area (Å²) in [7, 11) is 0. The number of aliphatic imine (C=N–C) groups is 1. The van der Waals surface area contributed by atoms with Gasteiger partial charge in [-0.2, -0.15) is 0 Å². The molecule has 134 valence electrons. The van der Waals surface area contributed by atoms with Crippen molar-refractivity contribution < 1.29 is 0 Å². The Morgan fingerprint density at radius 3 is 2.76 bits per heavy atom. The molecule has 0 amide bonds. The molecule has 3 heterocycles. The number of piperazine rings is 1. The summed E-state index contributed by atoms with van der Waals surface area (Å²) in [6.07, 6.45) is 1.84. The van der Waals surface area contributed by atoms with E-state index in [1.165, 1.54) is 10.4 Å². The summed E-state index contributed by atoms with van der Waals surface area (Å²) in [4.78, 5) is 15.6. The summed E-state index contributed by atoms with van der Waals surface area (Å²) < 4.78 is 0. The van der Waals surface area contributed by atoms with E-state index in [0.29, 0.717) is 6.54 Å². The molecule has 25 heavy (non-hydrogen) atoms. The number of hydrogen-bond donors (Lipinski definition) is 1. The molecule has 0 aliphatic carbocycles. The normalized spacial score (nSPS) is 16.2. The number of aromatic nitrogens is 1. The Kier molecular flexibility index (Phi) is 6.42. The number of aryl methyl sites for hydroxylation is 1. The Balaban J connectivity index is 1.58. The fraction of sp³-hybridized carbons (Fsp3) is 0.474. The molecule has 1 aliphatic heterocycles. The van der Waals surface area contributed by atoms with Crippen molar-refractivity contribution in [2.24, 2.45) is 4.99 Å². The lowest BCUT2D eigenvalue weighted by Crippen LogP contribution is -2.52. The highest BCUT2D eigenvalue weighted by Gasteiger charge is 2.19. The Morgan fingerprint density at radius 1 is 1.24 bits per heavy atom. The van der Waals surface area contributed by atoms with Crippen LogP contribution in [0.5, 0.6) is 0 Å². The van der Waals surface area contributed by atoms with Crippen LogP contribution >= 0.6 is 11.3 Å². The molecule has 0 saturated carbocycles. The largest absolute Gasteiger partial charge is 0.357 e. The predicted molar refractivity (Wildman–Crippen MR) is 105 cm³/mol. The molecular weight excluding hydrogens is 330 g/mol. The van der Waals surface area contributed by atoms with Gasteiger partial charge in [0.15, 0.2) is 5.96 Å². The Bertz CT molecular complexity index is 675. The minimum absolute atomic E-state index is 0.629. The second-order valence-corrected chi connectivity index (χ2v) is 7.31. The third-order valence-corrected chi connectivity index (χ3v) is 5.32. The van der Waals surface area contributed by atoms with Gasteiger partial charge in [0.25, 0.3) is 0 Å². The fourth-order valence-corrected chi connectivity index (χ4v) is 3.75. The van der Waals surface area contributed by atoms with Crippen LogP contribution in [0.25, 0.3) is 0 Å². The van der Waals surface area contributed by atoms with Gasteiger partial charge in [0, 0.05) is 50.3 Å². The van der Waals surface area contributed by atoms with Crippen molar-refractivity contribution in [3.8, 4) is 0 Å². The minimum atomic E-state index is 0.629. The molecule has 0 atom stereocenters. The van der Waals surface area contributed by atoms with Gasteiger partial charge in [0.2, 0.25) is 0 Å². The lowest BCUT2D eigenvalue weighted by Gasteiger charge is -2.36. The SMILES string of the molecule is CCNC(=NCc1ncccc1C)N1CCN(Cc2cccs2)CC1. The highest BCUT2D eigenvalue weighted by atomic mass is 32.1. The molecular formula is C19H27N5S. The molecule has 5 nitrogen and oxygen atoms in total. The van der Waals surface area contributed by atoms with E-state index in [-0.39, 0.29) is 0 Å². The molecule has 0 bridgehead atoms. The van der Waals surface area contributed by atoms with Crippen LogP contribution in [0.2, 0.25) is 0 Å². The van der Waals surface area contributed by atoms with Crippen LogP contribution in [0.1, 0.15) is 23.1 Å². The molecule has 0 radical (unpaired) electrons. The summed E-state index contributed by atoms with van der Waals surface area (Å²) in [5, 5.41) is 5.59. The van der Waals surface area contributed by atoms with Gasteiger partial charge in [-0.15, -0.1) is 11.3 Å². The van der Waals surface area contributed by atoms with Crippen LogP contribution in [0, 0.1) is 6.92 Å². The highest BCUT2D eigenvalue weighted by molar-refractivity contribution is 7.09. The fourth-order valence-electron chi connectivity index (χ4n) is 3.00. The summed E-state index contributed by atoms with van der Waals surface area (Å²) in [5.74, 6) is 1.00. The number of nitrogens with one attached hydrogen (secondary N) is 1. The van der Waals surface area contributed by atoms with Gasteiger partial charge in [-0.3, -0.25) is 9.88 Å². The first-order chi connectivity index (χ1) is 12.3. The van der Waals surface area contributed by atoms with Gasteiger partial charge in [0.05, 0.1) is 12.2 Å². The third-order valence-electron chi connectivity index (χ3n) is 4.46. The summed E-state index contributed by atoms with van der Waals surface area (Å²) in [5.41, 5.74) is 2.25. The first-order valence-electron chi connectivity index (χ1n) is 8.94. The molecule has 1 aliphatic rings. The number of guanidine groups is 1. The number of nitrogens with zero attached hydrogens (tertiary/aromatic N) is 4. The lowest BCUT2D eigenvalue weighted by molar-refractivity contribution is 0.173. The average molecular weight is 358 g/mol. The van der Waals surface area contributed by atoms with E-state index in [2.05, 4.69) is 57.5 Å². The van der Waals surface area contributed by atoms with Crippen LogP contribution in [0.4, 0.5) is 0 Å². The molecule has 6 heteroatoms. The van der Waals surface area contributed by atoms with Crippen molar-refractivity contribution in [1.29, 1.82) is 0 Å². The topological polar surface area (TPSA) is 43.8 Å². The van der Waals surface area contributed by atoms with Gasteiger partial charge >= 0.3 is 0 Å². The molecule has 1 saturated heterocycles. The average Bonchev–Trinajstić information content (AvgIpc) is 3.14. The van der Waals surface area contributed by atoms with E-state index in [4.69, 9.17) is 4.99 Å². The molecule has 3 rings (SSSR count). The van der Waals surface area contributed by atoms with Gasteiger partial charge in [-0.05, 0) is 36.9 Å². The van der Waals surface area contributed by atoms with Crippen molar-refractivity contribution in [3.63, 3.8) is 0 Å². The van der Waals surface area contributed by atoms with Gasteiger partial charge in [0.1, 0.15) is 0 Å². The van der Waals surface area contributed by atoms with Crippen LogP contribution < -0.4 is 5.32 Å². The number of thiophene rings is 1. The maximum Gasteiger partial charge on any atom is 0.194 e. The van der Waals surface area contributed by atoms with Crippen LogP contribution in [0.15, 0.2) is 40.8 Å². The Hall–Kier alpha value is -1.92. The molecule has 2 aromatic heterocycles. The third kappa shape index (κ3) is 5.03. The number of hydrogen-bond acceptors (Lipinski definition) is 4. The summed E-state index contributed by atoms with van der Waals surface area (Å²) in [6.45, 7) is 11.0. The zero-order valence-corrected chi connectivity index (χ0v) is 15.9. The van der Waals surface area contributed by atoms with E-state index in [9.17, 15) is 0 Å². The van der Waals surface area contributed by atoms with Crippen molar-refractivity contribution >= 4 is 17.3 Å². The molecule has 0 unspecified atom stereocenters.